The van der Waals surface area contributed by atoms with E-state index < -0.39 is 5.82 Å². The number of halogens is 2. The third kappa shape index (κ3) is 4.10. The van der Waals surface area contributed by atoms with E-state index in [-0.39, 0.29) is 10.9 Å². The van der Waals surface area contributed by atoms with Crippen LogP contribution >= 0.6 is 24.2 Å². The van der Waals surface area contributed by atoms with Gasteiger partial charge in [-0.2, -0.15) is 12.6 Å². The second-order valence-corrected chi connectivity index (χ2v) is 3.85. The molecule has 0 aliphatic carbocycles. The Kier molecular flexibility index (Phi) is 4.91. The van der Waals surface area contributed by atoms with E-state index in [1.54, 1.807) is 6.07 Å². The minimum Gasteiger partial charge on any atom is -0.352 e. The summed E-state index contributed by atoms with van der Waals surface area (Å²) in [6.45, 7) is 0.354. The number of nitrogens with one attached hydrogen (secondary N) is 1. The van der Waals surface area contributed by atoms with E-state index in [9.17, 15) is 9.18 Å². The predicted octanol–water partition coefficient (Wildman–Crippen LogP) is 2.42. The van der Waals surface area contributed by atoms with Gasteiger partial charge in [0.1, 0.15) is 5.82 Å². The van der Waals surface area contributed by atoms with Gasteiger partial charge in [-0.25, -0.2) is 4.39 Å². The van der Waals surface area contributed by atoms with Gasteiger partial charge in [0.25, 0.3) is 0 Å². The van der Waals surface area contributed by atoms with E-state index in [1.165, 1.54) is 12.1 Å². The van der Waals surface area contributed by atoms with Gasteiger partial charge in [0.15, 0.2) is 0 Å². The molecule has 5 heteroatoms. The molecule has 1 rings (SSSR count). The van der Waals surface area contributed by atoms with E-state index in [4.69, 9.17) is 11.6 Å². The van der Waals surface area contributed by atoms with Crippen LogP contribution in [0.3, 0.4) is 0 Å². The maximum absolute atomic E-state index is 12.8. The minimum atomic E-state index is -0.456. The quantitative estimate of drug-likeness (QED) is 0.787. The molecule has 0 aliphatic rings. The lowest BCUT2D eigenvalue weighted by molar-refractivity contribution is -0.120. The lowest BCUT2D eigenvalue weighted by Crippen LogP contribution is -2.22. The molecular weight excluding hydrogens is 237 g/mol. The van der Waals surface area contributed by atoms with E-state index in [0.717, 1.165) is 5.56 Å². The zero-order valence-corrected chi connectivity index (χ0v) is 9.62. The molecule has 2 nitrogen and oxygen atoms in total. The van der Waals surface area contributed by atoms with Crippen molar-refractivity contribution in [1.29, 1.82) is 0 Å². The molecule has 0 aliphatic heterocycles. The largest absolute Gasteiger partial charge is 0.352 e. The average Bonchev–Trinajstić information content (AvgIpc) is 2.20. The van der Waals surface area contributed by atoms with Crippen LogP contribution in [0.15, 0.2) is 18.2 Å². The van der Waals surface area contributed by atoms with Crippen molar-refractivity contribution in [3.05, 3.63) is 34.6 Å². The molecule has 82 valence electrons. The summed E-state index contributed by atoms with van der Waals surface area (Å²) in [5.74, 6) is -0.0247. The Labute approximate surface area is 98.2 Å². The van der Waals surface area contributed by atoms with E-state index in [0.29, 0.717) is 18.7 Å². The van der Waals surface area contributed by atoms with Gasteiger partial charge in [0, 0.05) is 13.0 Å². The van der Waals surface area contributed by atoms with Gasteiger partial charge in [-0.1, -0.05) is 17.7 Å². The van der Waals surface area contributed by atoms with Gasteiger partial charge in [-0.05, 0) is 23.4 Å². The fourth-order valence-corrected chi connectivity index (χ4v) is 1.45. The summed E-state index contributed by atoms with van der Waals surface area (Å²) >= 11 is 9.53. The van der Waals surface area contributed by atoms with Crippen molar-refractivity contribution >= 4 is 30.1 Å². The Morgan fingerprint density at radius 2 is 2.27 bits per heavy atom. The second kappa shape index (κ2) is 5.98. The molecule has 15 heavy (non-hydrogen) atoms. The number of hydrogen-bond donors (Lipinski definition) is 2. The molecule has 0 radical (unpaired) electrons. The van der Waals surface area contributed by atoms with E-state index in [1.807, 2.05) is 0 Å². The highest BCUT2D eigenvalue weighted by atomic mass is 35.5. The Morgan fingerprint density at radius 3 is 2.87 bits per heavy atom. The lowest BCUT2D eigenvalue weighted by atomic mass is 10.2. The average molecular weight is 248 g/mol. The summed E-state index contributed by atoms with van der Waals surface area (Å²) in [5.41, 5.74) is 0.772. The Bertz CT molecular complexity index is 359. The van der Waals surface area contributed by atoms with Crippen molar-refractivity contribution in [2.45, 2.75) is 13.0 Å². The molecule has 0 bridgehead atoms. The van der Waals surface area contributed by atoms with Gasteiger partial charge in [-0.3, -0.25) is 4.79 Å². The van der Waals surface area contributed by atoms with Crippen LogP contribution in [0.1, 0.15) is 12.0 Å². The van der Waals surface area contributed by atoms with Crippen molar-refractivity contribution in [1.82, 2.24) is 5.32 Å². The smallest absolute Gasteiger partial charge is 0.221 e. The van der Waals surface area contributed by atoms with Crippen LogP contribution in [0.5, 0.6) is 0 Å². The number of thiol groups is 1. The highest BCUT2D eigenvalue weighted by molar-refractivity contribution is 7.80. The topological polar surface area (TPSA) is 29.1 Å². The fourth-order valence-electron chi connectivity index (χ4n) is 1.04. The Balaban J connectivity index is 2.51. The first-order valence-corrected chi connectivity index (χ1v) is 5.46. The van der Waals surface area contributed by atoms with Crippen molar-refractivity contribution < 1.29 is 9.18 Å². The normalized spacial score (nSPS) is 10.1. The lowest BCUT2D eigenvalue weighted by Gasteiger charge is -2.04. The monoisotopic (exact) mass is 247 g/mol. The van der Waals surface area contributed by atoms with Crippen LogP contribution in [0.2, 0.25) is 5.02 Å². The number of rotatable bonds is 4. The maximum atomic E-state index is 12.8. The molecule has 0 unspecified atom stereocenters. The molecule has 0 saturated carbocycles. The van der Waals surface area contributed by atoms with Gasteiger partial charge in [0.2, 0.25) is 5.91 Å². The third-order valence-corrected chi connectivity index (χ3v) is 2.33. The van der Waals surface area contributed by atoms with Crippen LogP contribution in [0, 0.1) is 5.82 Å². The van der Waals surface area contributed by atoms with Gasteiger partial charge < -0.3 is 5.32 Å². The highest BCUT2D eigenvalue weighted by Crippen LogP contribution is 2.15. The molecule has 0 aromatic heterocycles. The summed E-state index contributed by atoms with van der Waals surface area (Å²) in [6, 6.07) is 4.36. The number of hydrogen-bond acceptors (Lipinski definition) is 2. The maximum Gasteiger partial charge on any atom is 0.221 e. The molecular formula is C10H11ClFNOS. The summed E-state index contributed by atoms with van der Waals surface area (Å²) < 4.78 is 12.8. The van der Waals surface area contributed by atoms with E-state index >= 15 is 0 Å². The van der Waals surface area contributed by atoms with Gasteiger partial charge in [-0.15, -0.1) is 0 Å². The summed E-state index contributed by atoms with van der Waals surface area (Å²) in [4.78, 5) is 11.1. The van der Waals surface area contributed by atoms with Crippen LogP contribution in [-0.4, -0.2) is 11.7 Å². The van der Waals surface area contributed by atoms with Crippen molar-refractivity contribution in [3.63, 3.8) is 0 Å². The minimum absolute atomic E-state index is 0.0657. The Morgan fingerprint density at radius 1 is 1.53 bits per heavy atom. The molecule has 1 amide bonds. The number of amides is 1. The highest BCUT2D eigenvalue weighted by Gasteiger charge is 2.02. The first kappa shape index (κ1) is 12.3. The van der Waals surface area contributed by atoms with Gasteiger partial charge in [0.05, 0.1) is 5.02 Å². The van der Waals surface area contributed by atoms with Crippen LogP contribution in [0.4, 0.5) is 4.39 Å². The summed E-state index contributed by atoms with van der Waals surface area (Å²) in [5, 5.41) is 2.74. The zero-order valence-electron chi connectivity index (χ0n) is 7.96. The van der Waals surface area contributed by atoms with Gasteiger partial charge >= 0.3 is 0 Å². The molecule has 0 saturated heterocycles. The third-order valence-electron chi connectivity index (χ3n) is 1.81. The number of carbonyl (C=O) groups is 1. The molecule has 1 N–H and O–H groups in total. The number of benzene rings is 1. The molecule has 0 atom stereocenters. The number of carbonyl (C=O) groups excluding carboxylic acids is 1. The van der Waals surface area contributed by atoms with Crippen molar-refractivity contribution in [2.24, 2.45) is 0 Å². The molecule has 0 heterocycles. The summed E-state index contributed by atoms with van der Waals surface area (Å²) in [6.07, 6.45) is 0.373. The SMILES string of the molecule is O=C(CCS)NCc1ccc(F)c(Cl)c1. The van der Waals surface area contributed by atoms with Crippen molar-refractivity contribution in [2.75, 3.05) is 5.75 Å². The molecule has 0 fully saturated rings. The molecule has 1 aromatic rings. The van der Waals surface area contributed by atoms with Crippen molar-refractivity contribution in [3.8, 4) is 0 Å². The Hall–Kier alpha value is -0.740. The predicted molar refractivity (Wildman–Crippen MR) is 61.7 cm³/mol. The molecule has 0 spiro atoms. The van der Waals surface area contributed by atoms with Crippen LogP contribution < -0.4 is 5.32 Å². The first-order valence-electron chi connectivity index (χ1n) is 4.45. The summed E-state index contributed by atoms with van der Waals surface area (Å²) in [7, 11) is 0. The molecule has 1 aromatic carbocycles. The van der Waals surface area contributed by atoms with Crippen LogP contribution in [-0.2, 0) is 11.3 Å². The fraction of sp³-hybridized carbons (Fsp3) is 0.300. The first-order chi connectivity index (χ1) is 7.13. The second-order valence-electron chi connectivity index (χ2n) is 3.00. The zero-order chi connectivity index (χ0) is 11.3. The van der Waals surface area contributed by atoms with Crippen LogP contribution in [0.25, 0.3) is 0 Å². The standard InChI is InChI=1S/C10H11ClFNOS/c11-8-5-7(1-2-9(8)12)6-13-10(14)3-4-15/h1-2,5,15H,3-4,6H2,(H,13,14). The van der Waals surface area contributed by atoms with E-state index in [2.05, 4.69) is 17.9 Å².